The standard InChI is InChI=1S/C13H10BrF3S/c14-12(6-9-4-5-18-8-9)10-2-1-3-11(7-10)13(15,16)17/h1-5,7-8,12H,6H2. The summed E-state index contributed by atoms with van der Waals surface area (Å²) in [4.78, 5) is -0.102. The molecule has 18 heavy (non-hydrogen) atoms. The summed E-state index contributed by atoms with van der Waals surface area (Å²) in [6.45, 7) is 0. The lowest BCUT2D eigenvalue weighted by Crippen LogP contribution is -2.06. The highest BCUT2D eigenvalue weighted by molar-refractivity contribution is 9.09. The Bertz CT molecular complexity index is 505. The highest BCUT2D eigenvalue weighted by atomic mass is 79.9. The van der Waals surface area contributed by atoms with Gasteiger partial charge in [0.05, 0.1) is 5.56 Å². The lowest BCUT2D eigenvalue weighted by atomic mass is 10.0. The fourth-order valence-electron chi connectivity index (χ4n) is 1.64. The van der Waals surface area contributed by atoms with Crippen molar-refractivity contribution in [1.82, 2.24) is 0 Å². The topological polar surface area (TPSA) is 0 Å². The molecule has 5 heteroatoms. The van der Waals surface area contributed by atoms with E-state index in [0.29, 0.717) is 12.0 Å². The molecule has 0 aliphatic carbocycles. The van der Waals surface area contributed by atoms with Crippen molar-refractivity contribution in [1.29, 1.82) is 0 Å². The number of alkyl halides is 4. The van der Waals surface area contributed by atoms with Gasteiger partial charge < -0.3 is 0 Å². The summed E-state index contributed by atoms with van der Waals surface area (Å²) in [5, 5.41) is 3.96. The predicted octanol–water partition coefficient (Wildman–Crippen LogP) is 5.45. The van der Waals surface area contributed by atoms with E-state index in [1.807, 2.05) is 16.8 Å². The van der Waals surface area contributed by atoms with Crippen LogP contribution in [0.25, 0.3) is 0 Å². The van der Waals surface area contributed by atoms with E-state index in [4.69, 9.17) is 0 Å². The molecule has 1 aromatic carbocycles. The minimum Gasteiger partial charge on any atom is -0.166 e. The third-order valence-corrected chi connectivity index (χ3v) is 4.16. The van der Waals surface area contributed by atoms with Crippen LogP contribution in [-0.2, 0) is 12.6 Å². The fraction of sp³-hybridized carbons (Fsp3) is 0.231. The minimum absolute atomic E-state index is 0.102. The van der Waals surface area contributed by atoms with Crippen molar-refractivity contribution < 1.29 is 13.2 Å². The van der Waals surface area contributed by atoms with E-state index < -0.39 is 11.7 Å². The van der Waals surface area contributed by atoms with Gasteiger partial charge in [-0.15, -0.1) is 0 Å². The Hall–Kier alpha value is -0.810. The molecule has 0 nitrogen and oxygen atoms in total. The summed E-state index contributed by atoms with van der Waals surface area (Å²) in [7, 11) is 0. The second-order valence-electron chi connectivity index (χ2n) is 3.93. The third-order valence-electron chi connectivity index (χ3n) is 2.57. The number of benzene rings is 1. The van der Waals surface area contributed by atoms with E-state index in [0.717, 1.165) is 11.6 Å². The Morgan fingerprint density at radius 2 is 2.00 bits per heavy atom. The number of hydrogen-bond donors (Lipinski definition) is 0. The second kappa shape index (κ2) is 5.45. The van der Waals surface area contributed by atoms with Gasteiger partial charge in [0.15, 0.2) is 0 Å². The summed E-state index contributed by atoms with van der Waals surface area (Å²) in [5.41, 5.74) is 1.17. The van der Waals surface area contributed by atoms with Crippen molar-refractivity contribution in [2.24, 2.45) is 0 Å². The highest BCUT2D eigenvalue weighted by Gasteiger charge is 2.30. The van der Waals surface area contributed by atoms with Crippen molar-refractivity contribution in [3.8, 4) is 0 Å². The van der Waals surface area contributed by atoms with E-state index in [-0.39, 0.29) is 4.83 Å². The summed E-state index contributed by atoms with van der Waals surface area (Å²) in [6, 6.07) is 7.42. The van der Waals surface area contributed by atoms with Crippen molar-refractivity contribution in [2.45, 2.75) is 17.4 Å². The molecule has 0 saturated carbocycles. The van der Waals surface area contributed by atoms with Crippen LogP contribution in [0.4, 0.5) is 13.2 Å². The third kappa shape index (κ3) is 3.36. The molecular formula is C13H10BrF3S. The molecule has 0 spiro atoms. The van der Waals surface area contributed by atoms with E-state index in [2.05, 4.69) is 15.9 Å². The van der Waals surface area contributed by atoms with Gasteiger partial charge in [-0.25, -0.2) is 0 Å². The Morgan fingerprint density at radius 3 is 2.61 bits per heavy atom. The van der Waals surface area contributed by atoms with E-state index in [1.54, 1.807) is 17.4 Å². The zero-order valence-corrected chi connectivity index (χ0v) is 11.6. The van der Waals surface area contributed by atoms with Gasteiger partial charge in [-0.05, 0) is 40.4 Å². The van der Waals surface area contributed by atoms with Crippen molar-refractivity contribution >= 4 is 27.3 Å². The second-order valence-corrected chi connectivity index (χ2v) is 5.81. The maximum Gasteiger partial charge on any atom is 0.416 e. The zero-order chi connectivity index (χ0) is 13.2. The molecule has 0 fully saturated rings. The molecule has 1 aromatic heterocycles. The molecule has 0 saturated heterocycles. The normalized spacial score (nSPS) is 13.6. The smallest absolute Gasteiger partial charge is 0.166 e. The maximum atomic E-state index is 12.6. The molecule has 0 aliphatic rings. The van der Waals surface area contributed by atoms with E-state index in [9.17, 15) is 13.2 Å². The lowest BCUT2D eigenvalue weighted by Gasteiger charge is -2.12. The van der Waals surface area contributed by atoms with Crippen LogP contribution >= 0.6 is 27.3 Å². The summed E-state index contributed by atoms with van der Waals surface area (Å²) in [6.07, 6.45) is -3.60. The first-order valence-corrected chi connectivity index (χ1v) is 7.15. The molecule has 96 valence electrons. The van der Waals surface area contributed by atoms with Crippen LogP contribution in [0.15, 0.2) is 41.1 Å². The summed E-state index contributed by atoms with van der Waals surface area (Å²) < 4.78 is 37.8. The molecule has 0 amide bonds. The fourth-order valence-corrected chi connectivity index (χ4v) is 2.98. The molecule has 0 aliphatic heterocycles. The number of halogens is 4. The van der Waals surface area contributed by atoms with Gasteiger partial charge in [0.2, 0.25) is 0 Å². The molecule has 2 aromatic rings. The number of rotatable bonds is 3. The lowest BCUT2D eigenvalue weighted by molar-refractivity contribution is -0.137. The first-order chi connectivity index (χ1) is 8.47. The summed E-state index contributed by atoms with van der Waals surface area (Å²) in [5.74, 6) is 0. The number of hydrogen-bond acceptors (Lipinski definition) is 1. The zero-order valence-electron chi connectivity index (χ0n) is 9.25. The van der Waals surface area contributed by atoms with Gasteiger partial charge in [0, 0.05) is 4.83 Å². The molecule has 0 bridgehead atoms. The van der Waals surface area contributed by atoms with Crippen LogP contribution in [0.1, 0.15) is 21.5 Å². The largest absolute Gasteiger partial charge is 0.416 e. The molecular weight excluding hydrogens is 325 g/mol. The van der Waals surface area contributed by atoms with Crippen LogP contribution in [0.2, 0.25) is 0 Å². The Kier molecular flexibility index (Phi) is 4.12. The predicted molar refractivity (Wildman–Crippen MR) is 71.1 cm³/mol. The molecule has 1 heterocycles. The molecule has 2 rings (SSSR count). The maximum absolute atomic E-state index is 12.6. The molecule has 0 radical (unpaired) electrons. The van der Waals surface area contributed by atoms with Crippen LogP contribution in [0.3, 0.4) is 0 Å². The molecule has 0 N–H and O–H groups in total. The summed E-state index contributed by atoms with van der Waals surface area (Å²) >= 11 is 5.03. The Labute approximate surface area is 116 Å². The van der Waals surface area contributed by atoms with Gasteiger partial charge in [-0.3, -0.25) is 0 Å². The van der Waals surface area contributed by atoms with Crippen molar-refractivity contribution in [3.05, 3.63) is 57.8 Å². The number of thiophene rings is 1. The monoisotopic (exact) mass is 334 g/mol. The van der Waals surface area contributed by atoms with Crippen molar-refractivity contribution in [2.75, 3.05) is 0 Å². The van der Waals surface area contributed by atoms with Gasteiger partial charge in [0.25, 0.3) is 0 Å². The Morgan fingerprint density at radius 1 is 1.22 bits per heavy atom. The average Bonchev–Trinajstić information content (AvgIpc) is 2.81. The average molecular weight is 335 g/mol. The van der Waals surface area contributed by atoms with Crippen LogP contribution in [0.5, 0.6) is 0 Å². The van der Waals surface area contributed by atoms with E-state index in [1.165, 1.54) is 12.1 Å². The van der Waals surface area contributed by atoms with Crippen molar-refractivity contribution in [3.63, 3.8) is 0 Å². The van der Waals surface area contributed by atoms with Gasteiger partial charge in [0.1, 0.15) is 0 Å². The van der Waals surface area contributed by atoms with Gasteiger partial charge >= 0.3 is 6.18 Å². The van der Waals surface area contributed by atoms with Gasteiger partial charge in [-0.1, -0.05) is 34.1 Å². The highest BCUT2D eigenvalue weighted by Crippen LogP contribution is 2.34. The Balaban J connectivity index is 2.18. The first-order valence-electron chi connectivity index (χ1n) is 5.29. The van der Waals surface area contributed by atoms with Crippen LogP contribution < -0.4 is 0 Å². The van der Waals surface area contributed by atoms with E-state index >= 15 is 0 Å². The molecule has 1 atom stereocenters. The first kappa shape index (κ1) is 13.6. The quantitative estimate of drug-likeness (QED) is 0.655. The van der Waals surface area contributed by atoms with Gasteiger partial charge in [-0.2, -0.15) is 24.5 Å². The SMILES string of the molecule is FC(F)(F)c1cccc(C(Br)Cc2ccsc2)c1. The minimum atomic E-state index is -4.29. The van der Waals surface area contributed by atoms with Crippen LogP contribution in [-0.4, -0.2) is 0 Å². The van der Waals surface area contributed by atoms with Crippen LogP contribution in [0, 0.1) is 0 Å². The molecule has 1 unspecified atom stereocenters.